The zero-order valence-corrected chi connectivity index (χ0v) is 11.2. The van der Waals surface area contributed by atoms with Gasteiger partial charge in [0.25, 0.3) is 0 Å². The topological polar surface area (TPSA) is 61.5 Å². The summed E-state index contributed by atoms with van der Waals surface area (Å²) < 4.78 is 10.4. The van der Waals surface area contributed by atoms with Crippen LogP contribution in [0.1, 0.15) is 24.2 Å². The Hall–Kier alpha value is -1.39. The maximum Gasteiger partial charge on any atom is 0.183 e. The molecule has 0 aliphatic rings. The Bertz CT molecular complexity index is 390. The number of carbonyl (C=O) groups is 1. The van der Waals surface area contributed by atoms with Gasteiger partial charge in [0, 0.05) is 7.11 Å². The molecule has 4 nitrogen and oxygen atoms in total. The van der Waals surface area contributed by atoms with Gasteiger partial charge in [0.05, 0.1) is 18.2 Å². The van der Waals surface area contributed by atoms with Gasteiger partial charge in [-0.15, -0.1) is 0 Å². The molecule has 0 fully saturated rings. The Morgan fingerprint density at radius 2 is 1.94 bits per heavy atom. The van der Waals surface area contributed by atoms with E-state index in [0.717, 1.165) is 0 Å². The molecule has 0 spiro atoms. The average Bonchev–Trinajstić information content (AvgIpc) is 2.38. The van der Waals surface area contributed by atoms with Crippen LogP contribution in [0.25, 0.3) is 0 Å². The lowest BCUT2D eigenvalue weighted by Gasteiger charge is -2.16. The minimum atomic E-state index is -0.503. The fourth-order valence-corrected chi connectivity index (χ4v) is 1.51. The van der Waals surface area contributed by atoms with E-state index in [1.165, 1.54) is 0 Å². The highest BCUT2D eigenvalue weighted by Gasteiger charge is 2.21. The SMILES string of the molecule is COCCOc1ccccc1C(=O)C(N)C(C)C. The number of carbonyl (C=O) groups excluding carboxylic acids is 1. The summed E-state index contributed by atoms with van der Waals surface area (Å²) in [6.45, 7) is 4.75. The molecular formula is C14H21NO3. The first-order valence-corrected chi connectivity index (χ1v) is 6.08. The van der Waals surface area contributed by atoms with Crippen LogP contribution in [0.4, 0.5) is 0 Å². The van der Waals surface area contributed by atoms with Crippen LogP contribution in [-0.2, 0) is 4.74 Å². The van der Waals surface area contributed by atoms with Crippen molar-refractivity contribution in [3.05, 3.63) is 29.8 Å². The lowest BCUT2D eigenvalue weighted by molar-refractivity contribution is 0.0933. The second kappa shape index (κ2) is 7.13. The highest BCUT2D eigenvalue weighted by molar-refractivity contribution is 6.02. The highest BCUT2D eigenvalue weighted by Crippen LogP contribution is 2.20. The lowest BCUT2D eigenvalue weighted by atomic mass is 9.95. The standard InChI is InChI=1S/C14H21NO3/c1-10(2)13(15)14(16)11-6-4-5-7-12(11)18-9-8-17-3/h4-7,10,13H,8-9,15H2,1-3H3. The zero-order chi connectivity index (χ0) is 13.5. The molecule has 18 heavy (non-hydrogen) atoms. The summed E-state index contributed by atoms with van der Waals surface area (Å²) >= 11 is 0. The van der Waals surface area contributed by atoms with E-state index < -0.39 is 6.04 Å². The molecule has 2 N–H and O–H groups in total. The van der Waals surface area contributed by atoms with E-state index in [4.69, 9.17) is 15.2 Å². The smallest absolute Gasteiger partial charge is 0.183 e. The predicted octanol–water partition coefficient (Wildman–Crippen LogP) is 1.88. The van der Waals surface area contributed by atoms with Crippen molar-refractivity contribution in [2.75, 3.05) is 20.3 Å². The van der Waals surface area contributed by atoms with Crippen LogP contribution in [0.3, 0.4) is 0 Å². The van der Waals surface area contributed by atoms with Crippen molar-refractivity contribution < 1.29 is 14.3 Å². The van der Waals surface area contributed by atoms with E-state index in [1.807, 2.05) is 26.0 Å². The molecular weight excluding hydrogens is 230 g/mol. The van der Waals surface area contributed by atoms with Gasteiger partial charge in [0.1, 0.15) is 12.4 Å². The molecule has 0 aliphatic carbocycles. The minimum absolute atomic E-state index is 0.0852. The van der Waals surface area contributed by atoms with Crippen molar-refractivity contribution in [1.82, 2.24) is 0 Å². The maximum absolute atomic E-state index is 12.2. The molecule has 1 aromatic rings. The summed E-state index contributed by atoms with van der Waals surface area (Å²) in [5, 5.41) is 0. The number of ether oxygens (including phenoxy) is 2. The monoisotopic (exact) mass is 251 g/mol. The van der Waals surface area contributed by atoms with Crippen molar-refractivity contribution in [2.24, 2.45) is 11.7 Å². The molecule has 1 atom stereocenters. The van der Waals surface area contributed by atoms with Gasteiger partial charge in [0.2, 0.25) is 0 Å². The predicted molar refractivity (Wildman–Crippen MR) is 71.0 cm³/mol. The van der Waals surface area contributed by atoms with E-state index in [1.54, 1.807) is 19.2 Å². The number of hydrogen-bond acceptors (Lipinski definition) is 4. The van der Waals surface area contributed by atoms with E-state index in [0.29, 0.717) is 24.5 Å². The first-order chi connectivity index (χ1) is 8.57. The number of rotatable bonds is 7. The number of nitrogens with two attached hydrogens (primary N) is 1. The Kier molecular flexibility index (Phi) is 5.82. The first kappa shape index (κ1) is 14.7. The van der Waals surface area contributed by atoms with E-state index in [9.17, 15) is 4.79 Å². The van der Waals surface area contributed by atoms with Crippen molar-refractivity contribution >= 4 is 5.78 Å². The Labute approximate surface area is 108 Å². The third-order valence-corrected chi connectivity index (χ3v) is 2.72. The quantitative estimate of drug-likeness (QED) is 0.593. The van der Waals surface area contributed by atoms with Crippen LogP contribution in [0.5, 0.6) is 5.75 Å². The minimum Gasteiger partial charge on any atom is -0.490 e. The molecule has 0 saturated heterocycles. The Morgan fingerprint density at radius 3 is 2.56 bits per heavy atom. The molecule has 4 heteroatoms. The Balaban J connectivity index is 2.84. The fraction of sp³-hybridized carbons (Fsp3) is 0.500. The summed E-state index contributed by atoms with van der Waals surface area (Å²) in [7, 11) is 1.61. The van der Waals surface area contributed by atoms with Gasteiger partial charge in [-0.2, -0.15) is 0 Å². The van der Waals surface area contributed by atoms with Gasteiger partial charge >= 0.3 is 0 Å². The maximum atomic E-state index is 12.2. The van der Waals surface area contributed by atoms with Gasteiger partial charge in [-0.05, 0) is 18.1 Å². The molecule has 0 bridgehead atoms. The van der Waals surface area contributed by atoms with Crippen molar-refractivity contribution in [3.63, 3.8) is 0 Å². The summed E-state index contributed by atoms with van der Waals surface area (Å²) in [5.74, 6) is 0.582. The van der Waals surface area contributed by atoms with Crippen LogP contribution in [-0.4, -0.2) is 32.1 Å². The van der Waals surface area contributed by atoms with Gasteiger partial charge < -0.3 is 15.2 Å². The summed E-state index contributed by atoms with van der Waals surface area (Å²) in [6, 6.07) is 6.66. The number of hydrogen-bond donors (Lipinski definition) is 1. The molecule has 0 amide bonds. The van der Waals surface area contributed by atoms with Crippen molar-refractivity contribution in [1.29, 1.82) is 0 Å². The van der Waals surface area contributed by atoms with Crippen LogP contribution in [0.15, 0.2) is 24.3 Å². The van der Waals surface area contributed by atoms with E-state index in [-0.39, 0.29) is 11.7 Å². The number of ketones is 1. The zero-order valence-electron chi connectivity index (χ0n) is 11.2. The highest BCUT2D eigenvalue weighted by atomic mass is 16.5. The van der Waals surface area contributed by atoms with Crippen LogP contribution in [0.2, 0.25) is 0 Å². The molecule has 0 heterocycles. The molecule has 0 aromatic heterocycles. The van der Waals surface area contributed by atoms with E-state index in [2.05, 4.69) is 0 Å². The summed E-state index contributed by atoms with van der Waals surface area (Å²) in [5.41, 5.74) is 6.42. The molecule has 0 radical (unpaired) electrons. The van der Waals surface area contributed by atoms with Gasteiger partial charge in [0.15, 0.2) is 5.78 Å². The van der Waals surface area contributed by atoms with Crippen LogP contribution in [0, 0.1) is 5.92 Å². The number of para-hydroxylation sites is 1. The number of benzene rings is 1. The van der Waals surface area contributed by atoms with Crippen molar-refractivity contribution in [2.45, 2.75) is 19.9 Å². The van der Waals surface area contributed by atoms with Gasteiger partial charge in [-0.25, -0.2) is 0 Å². The number of Topliss-reactive ketones (excluding diaryl/α,β-unsaturated/α-hetero) is 1. The van der Waals surface area contributed by atoms with E-state index >= 15 is 0 Å². The average molecular weight is 251 g/mol. The summed E-state index contributed by atoms with van der Waals surface area (Å²) in [6.07, 6.45) is 0. The second-order valence-electron chi connectivity index (χ2n) is 4.47. The second-order valence-corrected chi connectivity index (χ2v) is 4.47. The van der Waals surface area contributed by atoms with Gasteiger partial charge in [-0.3, -0.25) is 4.79 Å². The lowest BCUT2D eigenvalue weighted by Crippen LogP contribution is -2.35. The molecule has 100 valence electrons. The van der Waals surface area contributed by atoms with Crippen molar-refractivity contribution in [3.8, 4) is 5.75 Å². The molecule has 0 saturated carbocycles. The normalized spacial score (nSPS) is 12.5. The first-order valence-electron chi connectivity index (χ1n) is 6.08. The summed E-state index contributed by atoms with van der Waals surface area (Å²) in [4.78, 5) is 12.2. The molecule has 1 rings (SSSR count). The van der Waals surface area contributed by atoms with Crippen LogP contribution >= 0.6 is 0 Å². The Morgan fingerprint density at radius 1 is 1.28 bits per heavy atom. The molecule has 1 unspecified atom stereocenters. The van der Waals surface area contributed by atoms with Crippen LogP contribution < -0.4 is 10.5 Å². The largest absolute Gasteiger partial charge is 0.490 e. The third kappa shape index (κ3) is 3.82. The van der Waals surface area contributed by atoms with Gasteiger partial charge in [-0.1, -0.05) is 26.0 Å². The third-order valence-electron chi connectivity index (χ3n) is 2.72. The fourth-order valence-electron chi connectivity index (χ4n) is 1.51. The number of methoxy groups -OCH3 is 1. The molecule has 1 aromatic carbocycles. The molecule has 0 aliphatic heterocycles.